The van der Waals surface area contributed by atoms with Crippen LogP contribution in [0.25, 0.3) is 0 Å². The standard InChI is InChI=1S/C23H32N2O3Si/c1-23(2,3)28-22(27)25-14-8-11-20(25)21(26)24-15-12-18-17(9-7-10-19(18)24)13-16-29(4,5)6/h7,9-10,20H,8,11-12,14-15H2,1-6H3. The lowest BCUT2D eigenvalue weighted by Gasteiger charge is -2.30. The number of rotatable bonds is 1. The zero-order chi connectivity index (χ0) is 21.4. The van der Waals surface area contributed by atoms with Crippen molar-refractivity contribution in [3.8, 4) is 11.5 Å². The minimum atomic E-state index is -1.47. The van der Waals surface area contributed by atoms with E-state index in [0.717, 1.165) is 29.7 Å². The Balaban J connectivity index is 1.82. The van der Waals surface area contributed by atoms with Crippen molar-refractivity contribution in [3.63, 3.8) is 0 Å². The summed E-state index contributed by atoms with van der Waals surface area (Å²) in [5.41, 5.74) is 5.96. The van der Waals surface area contributed by atoms with Gasteiger partial charge in [0.25, 0.3) is 0 Å². The van der Waals surface area contributed by atoms with Gasteiger partial charge in [0.05, 0.1) is 0 Å². The molecule has 3 rings (SSSR count). The quantitative estimate of drug-likeness (QED) is 0.513. The number of carbonyl (C=O) groups is 2. The molecule has 1 aromatic rings. The highest BCUT2D eigenvalue weighted by Gasteiger charge is 2.40. The Morgan fingerprint density at radius 3 is 2.55 bits per heavy atom. The molecule has 0 aromatic heterocycles. The first kappa shape index (κ1) is 21.4. The minimum Gasteiger partial charge on any atom is -0.444 e. The van der Waals surface area contributed by atoms with Gasteiger partial charge in [-0.25, -0.2) is 4.79 Å². The Hall–Kier alpha value is -2.26. The number of hydrogen-bond donors (Lipinski definition) is 0. The average molecular weight is 413 g/mol. The molecule has 156 valence electrons. The van der Waals surface area contributed by atoms with E-state index in [0.29, 0.717) is 19.5 Å². The van der Waals surface area contributed by atoms with Gasteiger partial charge in [-0.2, -0.15) is 0 Å². The number of benzene rings is 1. The zero-order valence-electron chi connectivity index (χ0n) is 18.5. The minimum absolute atomic E-state index is 0.0117. The monoisotopic (exact) mass is 412 g/mol. The zero-order valence-corrected chi connectivity index (χ0v) is 19.5. The van der Waals surface area contributed by atoms with Crippen LogP contribution in [0.3, 0.4) is 0 Å². The summed E-state index contributed by atoms with van der Waals surface area (Å²) >= 11 is 0. The fourth-order valence-electron chi connectivity index (χ4n) is 3.78. The van der Waals surface area contributed by atoms with E-state index in [-0.39, 0.29) is 5.91 Å². The summed E-state index contributed by atoms with van der Waals surface area (Å²) in [5, 5.41) is 0. The highest BCUT2D eigenvalue weighted by Crippen LogP contribution is 2.33. The SMILES string of the molecule is CC(C)(C)OC(=O)N1CCCC1C(=O)N1CCc2c(C#C[Si](C)(C)C)cccc21. The number of likely N-dealkylation sites (tertiary alicyclic amines) is 1. The van der Waals surface area contributed by atoms with Crippen LogP contribution in [0, 0.1) is 11.5 Å². The van der Waals surface area contributed by atoms with Crippen LogP contribution >= 0.6 is 0 Å². The number of anilines is 1. The Morgan fingerprint density at radius 2 is 1.90 bits per heavy atom. The van der Waals surface area contributed by atoms with Crippen molar-refractivity contribution in [2.45, 2.75) is 71.3 Å². The molecule has 0 N–H and O–H groups in total. The summed E-state index contributed by atoms with van der Waals surface area (Å²) in [4.78, 5) is 29.4. The van der Waals surface area contributed by atoms with Crippen molar-refractivity contribution in [1.29, 1.82) is 0 Å². The van der Waals surface area contributed by atoms with E-state index >= 15 is 0 Å². The Morgan fingerprint density at radius 1 is 1.17 bits per heavy atom. The molecule has 0 bridgehead atoms. The summed E-state index contributed by atoms with van der Waals surface area (Å²) in [7, 11) is -1.47. The maximum atomic E-state index is 13.4. The van der Waals surface area contributed by atoms with Crippen LogP contribution in [0.15, 0.2) is 18.2 Å². The van der Waals surface area contributed by atoms with Crippen molar-refractivity contribution < 1.29 is 14.3 Å². The first-order chi connectivity index (χ1) is 13.5. The van der Waals surface area contributed by atoms with E-state index in [1.54, 1.807) is 4.90 Å². The Bertz CT molecular complexity index is 871. The second kappa shape index (κ2) is 7.87. The molecule has 6 heteroatoms. The third kappa shape index (κ3) is 5.02. The number of hydrogen-bond acceptors (Lipinski definition) is 3. The first-order valence-electron chi connectivity index (χ1n) is 10.4. The maximum absolute atomic E-state index is 13.4. The number of fused-ring (bicyclic) bond motifs is 1. The van der Waals surface area contributed by atoms with Crippen LogP contribution in [0.1, 0.15) is 44.7 Å². The van der Waals surface area contributed by atoms with Crippen LogP contribution in [-0.4, -0.2) is 49.7 Å². The van der Waals surface area contributed by atoms with Crippen molar-refractivity contribution in [3.05, 3.63) is 29.3 Å². The molecule has 2 heterocycles. The van der Waals surface area contributed by atoms with Crippen molar-refractivity contribution in [2.24, 2.45) is 0 Å². The summed E-state index contributed by atoms with van der Waals surface area (Å²) in [6.45, 7) is 13.4. The second-order valence-electron chi connectivity index (χ2n) is 9.87. The molecule has 5 nitrogen and oxygen atoms in total. The third-order valence-corrected chi connectivity index (χ3v) is 5.91. The number of carbonyl (C=O) groups excluding carboxylic acids is 2. The highest BCUT2D eigenvalue weighted by atomic mass is 28.3. The number of amides is 2. The lowest BCUT2D eigenvalue weighted by atomic mass is 10.1. The van der Waals surface area contributed by atoms with E-state index in [1.165, 1.54) is 0 Å². The van der Waals surface area contributed by atoms with Gasteiger partial charge in [0, 0.05) is 24.3 Å². The van der Waals surface area contributed by atoms with Crippen LogP contribution in [0.4, 0.5) is 10.5 Å². The highest BCUT2D eigenvalue weighted by molar-refractivity contribution is 6.83. The van der Waals surface area contributed by atoms with Gasteiger partial charge < -0.3 is 9.64 Å². The summed E-state index contributed by atoms with van der Waals surface area (Å²) in [5.74, 6) is 3.34. The molecule has 2 aliphatic heterocycles. The van der Waals surface area contributed by atoms with Gasteiger partial charge in [-0.3, -0.25) is 9.69 Å². The summed E-state index contributed by atoms with van der Waals surface area (Å²) in [6, 6.07) is 5.56. The first-order valence-corrected chi connectivity index (χ1v) is 13.9. The van der Waals surface area contributed by atoms with Crippen LogP contribution in [0.5, 0.6) is 0 Å². The largest absolute Gasteiger partial charge is 0.444 e. The van der Waals surface area contributed by atoms with Crippen LogP contribution in [0.2, 0.25) is 19.6 Å². The molecular weight excluding hydrogens is 380 g/mol. The van der Waals surface area contributed by atoms with Gasteiger partial charge in [-0.15, -0.1) is 5.54 Å². The van der Waals surface area contributed by atoms with E-state index in [4.69, 9.17) is 4.74 Å². The topological polar surface area (TPSA) is 49.9 Å². The average Bonchev–Trinajstić information content (AvgIpc) is 3.24. The molecule has 0 aliphatic carbocycles. The molecule has 1 aromatic carbocycles. The van der Waals surface area contributed by atoms with Gasteiger partial charge in [-0.1, -0.05) is 31.6 Å². The lowest BCUT2D eigenvalue weighted by Crippen LogP contribution is -2.48. The molecule has 2 aliphatic rings. The van der Waals surface area contributed by atoms with Gasteiger partial charge in [0.15, 0.2) is 0 Å². The van der Waals surface area contributed by atoms with E-state index in [9.17, 15) is 9.59 Å². The van der Waals surface area contributed by atoms with Crippen molar-refractivity contribution in [1.82, 2.24) is 4.90 Å². The molecule has 1 unspecified atom stereocenters. The summed E-state index contributed by atoms with van der Waals surface area (Å²) in [6.07, 6.45) is 1.90. The second-order valence-corrected chi connectivity index (χ2v) is 14.6. The maximum Gasteiger partial charge on any atom is 0.410 e. The molecule has 29 heavy (non-hydrogen) atoms. The Kier molecular flexibility index (Phi) is 5.82. The molecular formula is C23H32N2O3Si. The lowest BCUT2D eigenvalue weighted by molar-refractivity contribution is -0.122. The third-order valence-electron chi connectivity index (χ3n) is 5.03. The molecule has 1 saturated heterocycles. The van der Waals surface area contributed by atoms with Gasteiger partial charge in [0.1, 0.15) is 19.7 Å². The normalized spacial score (nSPS) is 18.9. The molecule has 2 amide bonds. The smallest absolute Gasteiger partial charge is 0.410 e. The van der Waals surface area contributed by atoms with Gasteiger partial charge >= 0.3 is 6.09 Å². The fraction of sp³-hybridized carbons (Fsp3) is 0.565. The van der Waals surface area contributed by atoms with Gasteiger partial charge in [-0.05, 0) is 57.7 Å². The number of nitrogens with zero attached hydrogens (tertiary/aromatic N) is 2. The van der Waals surface area contributed by atoms with Crippen LogP contribution in [-0.2, 0) is 16.0 Å². The van der Waals surface area contributed by atoms with E-state index in [2.05, 4.69) is 31.1 Å². The van der Waals surface area contributed by atoms with Crippen molar-refractivity contribution >= 4 is 25.8 Å². The van der Waals surface area contributed by atoms with Crippen LogP contribution < -0.4 is 4.90 Å². The number of ether oxygens (including phenoxy) is 1. The molecule has 0 radical (unpaired) electrons. The fourth-order valence-corrected chi connectivity index (χ4v) is 4.29. The molecule has 0 spiro atoms. The van der Waals surface area contributed by atoms with Crippen molar-refractivity contribution in [2.75, 3.05) is 18.0 Å². The molecule has 1 fully saturated rings. The Labute approximate surface area is 175 Å². The molecule has 1 atom stereocenters. The van der Waals surface area contributed by atoms with Gasteiger partial charge in [0.2, 0.25) is 5.91 Å². The summed E-state index contributed by atoms with van der Waals surface area (Å²) < 4.78 is 5.52. The van der Waals surface area contributed by atoms with E-state index < -0.39 is 25.8 Å². The predicted octanol–water partition coefficient (Wildman–Crippen LogP) is 4.20. The molecule has 0 saturated carbocycles. The predicted molar refractivity (Wildman–Crippen MR) is 119 cm³/mol. The van der Waals surface area contributed by atoms with E-state index in [1.807, 2.05) is 43.9 Å².